The lowest BCUT2D eigenvalue weighted by molar-refractivity contribution is 0.0951. The molecule has 1 amide bonds. The fourth-order valence-corrected chi connectivity index (χ4v) is 3.63. The Morgan fingerprint density at radius 3 is 2.84 bits per heavy atom. The number of aromatic nitrogens is 6. The predicted octanol–water partition coefficient (Wildman–Crippen LogP) is 3.00. The van der Waals surface area contributed by atoms with E-state index in [0.29, 0.717) is 17.8 Å². The van der Waals surface area contributed by atoms with Crippen molar-refractivity contribution in [2.45, 2.75) is 13.5 Å². The molecule has 0 atom stereocenters. The van der Waals surface area contributed by atoms with Crippen molar-refractivity contribution in [1.82, 2.24) is 35.1 Å². The van der Waals surface area contributed by atoms with Gasteiger partial charge in [-0.3, -0.25) is 14.9 Å². The van der Waals surface area contributed by atoms with Crippen LogP contribution in [-0.4, -0.2) is 35.7 Å². The van der Waals surface area contributed by atoms with Crippen LogP contribution in [0.25, 0.3) is 27.9 Å². The van der Waals surface area contributed by atoms with E-state index in [1.54, 1.807) is 10.7 Å². The highest BCUT2D eigenvalue weighted by molar-refractivity contribution is 5.93. The van der Waals surface area contributed by atoms with E-state index in [-0.39, 0.29) is 11.9 Å². The topological polar surface area (TPSA) is 127 Å². The lowest BCUT2D eigenvalue weighted by atomic mass is 9.96. The molecule has 0 aliphatic rings. The van der Waals surface area contributed by atoms with E-state index in [4.69, 9.17) is 5.73 Å². The average molecular weight is 424 g/mol. The number of anilines is 1. The second-order valence-electron chi connectivity index (χ2n) is 7.37. The molecule has 32 heavy (non-hydrogen) atoms. The minimum absolute atomic E-state index is 0.182. The molecule has 1 aromatic carbocycles. The number of carbonyl (C=O) groups is 1. The van der Waals surface area contributed by atoms with Gasteiger partial charge in [0.2, 0.25) is 5.95 Å². The van der Waals surface area contributed by atoms with Crippen molar-refractivity contribution in [2.75, 3.05) is 5.73 Å². The fourth-order valence-electron chi connectivity index (χ4n) is 3.63. The van der Waals surface area contributed by atoms with Gasteiger partial charge in [0.15, 0.2) is 5.65 Å². The van der Waals surface area contributed by atoms with E-state index in [2.05, 4.69) is 36.6 Å². The quantitative estimate of drug-likeness (QED) is 0.398. The van der Waals surface area contributed by atoms with Crippen LogP contribution in [-0.2, 0) is 6.54 Å². The zero-order valence-electron chi connectivity index (χ0n) is 17.3. The number of H-pyrrole nitrogens is 1. The second-order valence-corrected chi connectivity index (χ2v) is 7.37. The monoisotopic (exact) mass is 424 g/mol. The SMILES string of the molecule is Cc1ncc(-c2ccn3nc(N)nc3c2)cc1-c1ccccc1CNC(=O)c1cn[nH]c1. The molecule has 0 aliphatic heterocycles. The van der Waals surface area contributed by atoms with Crippen LogP contribution in [0.2, 0.25) is 0 Å². The Kier molecular flexibility index (Phi) is 4.83. The molecular weight excluding hydrogens is 404 g/mol. The first kappa shape index (κ1) is 19.4. The third-order valence-electron chi connectivity index (χ3n) is 5.28. The predicted molar refractivity (Wildman–Crippen MR) is 121 cm³/mol. The first-order valence-corrected chi connectivity index (χ1v) is 10.0. The van der Waals surface area contributed by atoms with Crippen LogP contribution in [0.5, 0.6) is 0 Å². The van der Waals surface area contributed by atoms with Gasteiger partial charge in [0.05, 0.1) is 11.8 Å². The van der Waals surface area contributed by atoms with Gasteiger partial charge in [-0.1, -0.05) is 24.3 Å². The molecule has 0 aliphatic carbocycles. The fraction of sp³-hybridized carbons (Fsp3) is 0.0870. The zero-order valence-corrected chi connectivity index (χ0v) is 17.3. The van der Waals surface area contributed by atoms with Gasteiger partial charge in [-0.15, -0.1) is 5.10 Å². The van der Waals surface area contributed by atoms with Crippen molar-refractivity contribution in [3.63, 3.8) is 0 Å². The van der Waals surface area contributed by atoms with Crippen LogP contribution in [0.15, 0.2) is 67.3 Å². The van der Waals surface area contributed by atoms with Crippen molar-refractivity contribution in [1.29, 1.82) is 0 Å². The van der Waals surface area contributed by atoms with Crippen LogP contribution in [0.1, 0.15) is 21.6 Å². The molecule has 158 valence electrons. The summed E-state index contributed by atoms with van der Waals surface area (Å²) in [5.41, 5.74) is 12.7. The molecule has 5 rings (SSSR count). The number of aromatic amines is 1. The van der Waals surface area contributed by atoms with Crippen molar-refractivity contribution in [3.8, 4) is 22.3 Å². The van der Waals surface area contributed by atoms with Gasteiger partial charge in [0, 0.05) is 42.0 Å². The van der Waals surface area contributed by atoms with Crippen LogP contribution in [0.3, 0.4) is 0 Å². The number of aryl methyl sites for hydroxylation is 1. The highest BCUT2D eigenvalue weighted by Gasteiger charge is 2.13. The number of nitrogens with zero attached hydrogens (tertiary/aromatic N) is 5. The van der Waals surface area contributed by atoms with Gasteiger partial charge in [0.25, 0.3) is 5.91 Å². The summed E-state index contributed by atoms with van der Waals surface area (Å²) < 4.78 is 1.64. The number of nitrogens with two attached hydrogens (primary N) is 1. The molecular formula is C23H20N8O. The summed E-state index contributed by atoms with van der Waals surface area (Å²) in [5.74, 6) is 0.0503. The Morgan fingerprint density at radius 1 is 1.12 bits per heavy atom. The molecule has 0 fully saturated rings. The van der Waals surface area contributed by atoms with Crippen LogP contribution in [0, 0.1) is 6.92 Å². The number of benzene rings is 1. The number of amides is 1. The Hall–Kier alpha value is -4.53. The summed E-state index contributed by atoms with van der Waals surface area (Å²) in [6.07, 6.45) is 6.73. The van der Waals surface area contributed by atoms with Gasteiger partial charge in [0.1, 0.15) is 0 Å². The van der Waals surface area contributed by atoms with Crippen molar-refractivity contribution in [2.24, 2.45) is 0 Å². The molecule has 9 nitrogen and oxygen atoms in total. The normalized spacial score (nSPS) is 11.0. The lowest BCUT2D eigenvalue weighted by Gasteiger charge is -2.14. The third-order valence-corrected chi connectivity index (χ3v) is 5.28. The van der Waals surface area contributed by atoms with E-state index in [1.165, 1.54) is 6.20 Å². The molecule has 9 heteroatoms. The van der Waals surface area contributed by atoms with E-state index in [1.807, 2.05) is 55.7 Å². The average Bonchev–Trinajstić information content (AvgIpc) is 3.47. The summed E-state index contributed by atoms with van der Waals surface area (Å²) in [6, 6.07) is 14.0. The first-order chi connectivity index (χ1) is 15.6. The minimum Gasteiger partial charge on any atom is -0.366 e. The third kappa shape index (κ3) is 3.67. The number of hydrogen-bond acceptors (Lipinski definition) is 6. The zero-order chi connectivity index (χ0) is 22.1. The molecule has 0 spiro atoms. The summed E-state index contributed by atoms with van der Waals surface area (Å²) in [7, 11) is 0. The number of fused-ring (bicyclic) bond motifs is 1. The standard InChI is InChI=1S/C23H20N8O/c1-14-20(8-17(11-25-14)15-6-7-31-21(9-15)29-23(24)30-31)19-5-3-2-4-16(19)10-26-22(32)18-12-27-28-13-18/h2-9,11-13H,10H2,1H3,(H2,24,30)(H,26,32)(H,27,28). The van der Waals surface area contributed by atoms with E-state index < -0.39 is 0 Å². The Morgan fingerprint density at radius 2 is 2.00 bits per heavy atom. The largest absolute Gasteiger partial charge is 0.366 e. The molecule has 4 N–H and O–H groups in total. The number of rotatable bonds is 5. The number of nitrogens with one attached hydrogen (secondary N) is 2. The molecule has 0 saturated heterocycles. The van der Waals surface area contributed by atoms with Gasteiger partial charge in [-0.05, 0) is 41.8 Å². The number of carbonyl (C=O) groups excluding carboxylic acids is 1. The Labute approximate surface area is 183 Å². The van der Waals surface area contributed by atoms with Crippen molar-refractivity contribution < 1.29 is 4.79 Å². The van der Waals surface area contributed by atoms with Gasteiger partial charge >= 0.3 is 0 Å². The van der Waals surface area contributed by atoms with E-state index >= 15 is 0 Å². The maximum atomic E-state index is 12.3. The molecule has 4 aromatic heterocycles. The Balaban J connectivity index is 1.49. The molecule has 0 radical (unpaired) electrons. The van der Waals surface area contributed by atoms with Crippen LogP contribution < -0.4 is 11.1 Å². The Bertz CT molecular complexity index is 1420. The van der Waals surface area contributed by atoms with Gasteiger partial charge in [-0.2, -0.15) is 10.1 Å². The highest BCUT2D eigenvalue weighted by Crippen LogP contribution is 2.30. The second kappa shape index (κ2) is 7.95. The van der Waals surface area contributed by atoms with E-state index in [0.717, 1.165) is 33.5 Å². The summed E-state index contributed by atoms with van der Waals surface area (Å²) in [4.78, 5) is 21.2. The van der Waals surface area contributed by atoms with Crippen LogP contribution >= 0.6 is 0 Å². The molecule has 0 saturated carbocycles. The van der Waals surface area contributed by atoms with E-state index in [9.17, 15) is 4.79 Å². The molecule has 0 unspecified atom stereocenters. The summed E-state index contributed by atoms with van der Waals surface area (Å²) in [5, 5.41) is 13.5. The maximum absolute atomic E-state index is 12.3. The smallest absolute Gasteiger partial charge is 0.254 e. The van der Waals surface area contributed by atoms with Crippen molar-refractivity contribution >= 4 is 17.5 Å². The van der Waals surface area contributed by atoms with Crippen LogP contribution in [0.4, 0.5) is 5.95 Å². The number of hydrogen-bond donors (Lipinski definition) is 3. The summed E-state index contributed by atoms with van der Waals surface area (Å²) in [6.45, 7) is 2.36. The number of nitrogen functional groups attached to an aromatic ring is 1. The lowest BCUT2D eigenvalue weighted by Crippen LogP contribution is -2.22. The number of pyridine rings is 2. The minimum atomic E-state index is -0.182. The van der Waals surface area contributed by atoms with Crippen molar-refractivity contribution in [3.05, 3.63) is 84.1 Å². The first-order valence-electron chi connectivity index (χ1n) is 10.0. The highest BCUT2D eigenvalue weighted by atomic mass is 16.1. The summed E-state index contributed by atoms with van der Waals surface area (Å²) >= 11 is 0. The molecule has 5 aromatic rings. The maximum Gasteiger partial charge on any atom is 0.254 e. The molecule has 0 bridgehead atoms. The van der Waals surface area contributed by atoms with Gasteiger partial charge in [-0.25, -0.2) is 4.52 Å². The van der Waals surface area contributed by atoms with Gasteiger partial charge < -0.3 is 11.1 Å². The molecule has 4 heterocycles.